The number of Topliss-reactive ketones (excluding diaryl/α,β-unsaturated/α-hetero) is 1. The summed E-state index contributed by atoms with van der Waals surface area (Å²) in [5.74, 6) is 0.0584. The highest BCUT2D eigenvalue weighted by Crippen LogP contribution is 2.42. The minimum atomic E-state index is -0.255. The third-order valence-corrected chi connectivity index (χ3v) is 6.49. The van der Waals surface area contributed by atoms with Gasteiger partial charge in [-0.3, -0.25) is 9.59 Å². The van der Waals surface area contributed by atoms with Gasteiger partial charge in [-0.2, -0.15) is 0 Å². The number of para-hydroxylation sites is 1. The number of likely N-dealkylation sites (N-methyl/N-ethyl adjacent to an activating group) is 1. The van der Waals surface area contributed by atoms with E-state index in [4.69, 9.17) is 4.74 Å². The molecule has 1 aromatic carbocycles. The van der Waals surface area contributed by atoms with Gasteiger partial charge in [-0.15, -0.1) is 0 Å². The monoisotopic (exact) mass is 354 g/mol. The molecule has 0 amide bonds. The molecule has 2 heterocycles. The van der Waals surface area contributed by atoms with Gasteiger partial charge in [0.05, 0.1) is 18.7 Å². The number of likely N-dealkylation sites (tertiary alicyclic amines) is 1. The molecule has 0 spiro atoms. The Labute approximate surface area is 153 Å². The molecule has 4 rings (SSSR count). The molecule has 26 heavy (non-hydrogen) atoms. The Kier molecular flexibility index (Phi) is 4.35. The Morgan fingerprint density at radius 2 is 2.08 bits per heavy atom. The lowest BCUT2D eigenvalue weighted by Gasteiger charge is -2.47. The van der Waals surface area contributed by atoms with Crippen LogP contribution in [0.2, 0.25) is 0 Å². The molecule has 1 saturated heterocycles. The van der Waals surface area contributed by atoms with Crippen molar-refractivity contribution in [1.82, 2.24) is 9.88 Å². The number of aromatic nitrogens is 1. The van der Waals surface area contributed by atoms with Gasteiger partial charge >= 0.3 is 5.97 Å². The molecule has 138 valence electrons. The average molecular weight is 354 g/mol. The van der Waals surface area contributed by atoms with E-state index >= 15 is 0 Å². The second kappa shape index (κ2) is 6.54. The summed E-state index contributed by atoms with van der Waals surface area (Å²) in [6.45, 7) is 3.06. The van der Waals surface area contributed by atoms with Crippen LogP contribution in [0.25, 0.3) is 10.9 Å². The van der Waals surface area contributed by atoms with Crippen molar-refractivity contribution in [1.29, 1.82) is 0 Å². The van der Waals surface area contributed by atoms with Gasteiger partial charge in [0.2, 0.25) is 0 Å². The van der Waals surface area contributed by atoms with E-state index in [-0.39, 0.29) is 29.6 Å². The first kappa shape index (κ1) is 17.3. The molecular formula is C21H26N2O3. The lowest BCUT2D eigenvalue weighted by molar-refractivity contribution is -0.154. The summed E-state index contributed by atoms with van der Waals surface area (Å²) < 4.78 is 5.17. The molecule has 1 aromatic heterocycles. The number of ketones is 1. The van der Waals surface area contributed by atoms with E-state index in [1.165, 1.54) is 7.11 Å². The quantitative estimate of drug-likeness (QED) is 0.842. The Bertz CT molecular complexity index is 856. The van der Waals surface area contributed by atoms with Crippen molar-refractivity contribution in [2.45, 2.75) is 32.2 Å². The zero-order valence-electron chi connectivity index (χ0n) is 15.6. The predicted octanol–water partition coefficient (Wildman–Crippen LogP) is 3.04. The number of benzene rings is 1. The van der Waals surface area contributed by atoms with Crippen LogP contribution >= 0.6 is 0 Å². The zero-order chi connectivity index (χ0) is 18.4. The number of H-pyrrole nitrogens is 1. The van der Waals surface area contributed by atoms with Crippen LogP contribution in [0.4, 0.5) is 0 Å². The Hall–Kier alpha value is -2.14. The van der Waals surface area contributed by atoms with E-state index in [1.54, 1.807) is 0 Å². The number of esters is 1. The van der Waals surface area contributed by atoms with E-state index in [0.717, 1.165) is 35.1 Å². The highest BCUT2D eigenvalue weighted by molar-refractivity contribution is 6.03. The normalized spacial score (nSPS) is 29.1. The SMILES string of the molecule is CC[C@@H]1CN(C)[C@H]2Cc3c([nH]c4ccccc34)C(=O)C[C@H]1[C@H]2C(=O)OC. The fraction of sp³-hybridized carbons (Fsp3) is 0.524. The second-order valence-corrected chi connectivity index (χ2v) is 7.74. The van der Waals surface area contributed by atoms with E-state index in [1.807, 2.05) is 18.2 Å². The molecular weight excluding hydrogens is 328 g/mol. The molecule has 1 N–H and O–H groups in total. The number of aromatic amines is 1. The zero-order valence-corrected chi connectivity index (χ0v) is 15.6. The summed E-state index contributed by atoms with van der Waals surface area (Å²) in [6.07, 6.45) is 2.05. The molecule has 1 aliphatic carbocycles. The Morgan fingerprint density at radius 3 is 2.81 bits per heavy atom. The van der Waals surface area contributed by atoms with Crippen molar-refractivity contribution in [2.75, 3.05) is 20.7 Å². The molecule has 0 radical (unpaired) electrons. The van der Waals surface area contributed by atoms with Crippen molar-refractivity contribution >= 4 is 22.7 Å². The maximum atomic E-state index is 13.1. The fourth-order valence-electron chi connectivity index (χ4n) is 5.15. The highest BCUT2D eigenvalue weighted by atomic mass is 16.5. The van der Waals surface area contributed by atoms with Crippen LogP contribution in [0.5, 0.6) is 0 Å². The molecule has 2 bridgehead atoms. The lowest BCUT2D eigenvalue weighted by atomic mass is 9.67. The molecule has 0 saturated carbocycles. The Morgan fingerprint density at radius 1 is 1.31 bits per heavy atom. The van der Waals surface area contributed by atoms with Crippen molar-refractivity contribution in [3.63, 3.8) is 0 Å². The van der Waals surface area contributed by atoms with Gasteiger partial charge in [0.1, 0.15) is 0 Å². The van der Waals surface area contributed by atoms with Gasteiger partial charge in [-0.1, -0.05) is 31.5 Å². The van der Waals surface area contributed by atoms with Crippen molar-refractivity contribution in [3.8, 4) is 0 Å². The number of hydrogen-bond donors (Lipinski definition) is 1. The van der Waals surface area contributed by atoms with Crippen LogP contribution in [-0.4, -0.2) is 48.4 Å². The van der Waals surface area contributed by atoms with Crippen LogP contribution in [-0.2, 0) is 16.0 Å². The molecule has 0 unspecified atom stereocenters. The number of carbonyl (C=O) groups is 2. The largest absolute Gasteiger partial charge is 0.469 e. The number of ether oxygens (including phenoxy) is 1. The second-order valence-electron chi connectivity index (χ2n) is 7.74. The molecule has 5 heteroatoms. The summed E-state index contributed by atoms with van der Waals surface area (Å²) in [7, 11) is 3.55. The first-order valence-corrected chi connectivity index (χ1v) is 9.46. The molecule has 1 aliphatic heterocycles. The van der Waals surface area contributed by atoms with Crippen LogP contribution in [0.15, 0.2) is 24.3 Å². The number of piperidine rings is 1. The topological polar surface area (TPSA) is 62.4 Å². The van der Waals surface area contributed by atoms with Gasteiger partial charge in [0.15, 0.2) is 5.78 Å². The smallest absolute Gasteiger partial charge is 0.310 e. The predicted molar refractivity (Wildman–Crippen MR) is 100 cm³/mol. The first-order valence-electron chi connectivity index (χ1n) is 9.46. The number of hydrogen-bond acceptors (Lipinski definition) is 4. The van der Waals surface area contributed by atoms with Gasteiger partial charge in [0, 0.05) is 29.9 Å². The summed E-state index contributed by atoms with van der Waals surface area (Å²) in [5, 5.41) is 1.09. The van der Waals surface area contributed by atoms with Gasteiger partial charge in [-0.05, 0) is 36.9 Å². The number of methoxy groups -OCH3 is 1. The third kappa shape index (κ3) is 2.57. The molecule has 5 nitrogen and oxygen atoms in total. The first-order chi connectivity index (χ1) is 12.5. The summed E-state index contributed by atoms with van der Waals surface area (Å²) in [5.41, 5.74) is 2.77. The third-order valence-electron chi connectivity index (χ3n) is 6.49. The minimum absolute atomic E-state index is 0.0423. The highest BCUT2D eigenvalue weighted by Gasteiger charge is 2.48. The minimum Gasteiger partial charge on any atom is -0.469 e. The summed E-state index contributed by atoms with van der Waals surface area (Å²) in [6, 6.07) is 8.10. The van der Waals surface area contributed by atoms with E-state index in [0.29, 0.717) is 18.8 Å². The molecule has 1 fully saturated rings. The number of fused-ring (bicyclic) bond motifs is 5. The van der Waals surface area contributed by atoms with Gasteiger partial charge < -0.3 is 14.6 Å². The van der Waals surface area contributed by atoms with Crippen LogP contribution in [0, 0.1) is 17.8 Å². The molecule has 2 aromatic rings. The van der Waals surface area contributed by atoms with E-state index < -0.39 is 0 Å². The van der Waals surface area contributed by atoms with Crippen molar-refractivity contribution in [2.24, 2.45) is 17.8 Å². The van der Waals surface area contributed by atoms with Gasteiger partial charge in [-0.25, -0.2) is 0 Å². The summed E-state index contributed by atoms with van der Waals surface area (Å²) in [4.78, 5) is 31.5. The number of rotatable bonds is 2. The molecule has 2 aliphatic rings. The average Bonchev–Trinajstić information content (AvgIpc) is 3.01. The maximum absolute atomic E-state index is 13.1. The van der Waals surface area contributed by atoms with Crippen LogP contribution in [0.1, 0.15) is 35.8 Å². The van der Waals surface area contributed by atoms with E-state index in [2.05, 4.69) is 29.9 Å². The fourth-order valence-corrected chi connectivity index (χ4v) is 5.15. The number of carbonyl (C=O) groups excluding carboxylic acids is 2. The van der Waals surface area contributed by atoms with Crippen molar-refractivity contribution in [3.05, 3.63) is 35.5 Å². The van der Waals surface area contributed by atoms with E-state index in [9.17, 15) is 9.59 Å². The van der Waals surface area contributed by atoms with Gasteiger partial charge in [0.25, 0.3) is 0 Å². The van der Waals surface area contributed by atoms with Crippen LogP contribution in [0.3, 0.4) is 0 Å². The lowest BCUT2D eigenvalue weighted by Crippen LogP contribution is -2.56. The summed E-state index contributed by atoms with van der Waals surface area (Å²) >= 11 is 0. The number of nitrogens with one attached hydrogen (secondary N) is 1. The molecule has 4 atom stereocenters. The van der Waals surface area contributed by atoms with Crippen molar-refractivity contribution < 1.29 is 14.3 Å². The number of nitrogens with zero attached hydrogens (tertiary/aromatic N) is 1. The standard InChI is InChI=1S/C21H26N2O3/c1-4-12-11-23(2)17-9-15-13-7-5-6-8-16(13)22-20(15)18(24)10-14(12)19(17)21(25)26-3/h5-8,12,14,17,19,22H,4,9-11H2,1-3H3/t12-,14-,17+,19-/m1/s1. The van der Waals surface area contributed by atoms with Crippen LogP contribution < -0.4 is 0 Å². The Balaban J connectivity index is 1.88. The maximum Gasteiger partial charge on any atom is 0.310 e.